The molecule has 0 bridgehead atoms. The van der Waals surface area contributed by atoms with Gasteiger partial charge in [0.2, 0.25) is 0 Å². The van der Waals surface area contributed by atoms with Gasteiger partial charge in [-0.15, -0.1) is 0 Å². The van der Waals surface area contributed by atoms with E-state index in [9.17, 15) is 4.39 Å². The summed E-state index contributed by atoms with van der Waals surface area (Å²) in [6.45, 7) is 0. The van der Waals surface area contributed by atoms with E-state index in [1.165, 1.54) is 12.1 Å². The minimum absolute atomic E-state index is 0.0615. The number of pyridine rings is 1. The van der Waals surface area contributed by atoms with Gasteiger partial charge in [0.25, 0.3) is 0 Å². The van der Waals surface area contributed by atoms with Crippen molar-refractivity contribution in [1.29, 1.82) is 0 Å². The van der Waals surface area contributed by atoms with Crippen LogP contribution in [0.3, 0.4) is 0 Å². The van der Waals surface area contributed by atoms with Gasteiger partial charge in [0, 0.05) is 28.8 Å². The highest BCUT2D eigenvalue weighted by Crippen LogP contribution is 2.16. The van der Waals surface area contributed by atoms with Crippen LogP contribution in [0.4, 0.5) is 4.39 Å². The van der Waals surface area contributed by atoms with Crippen LogP contribution in [0.2, 0.25) is 0 Å². The van der Waals surface area contributed by atoms with E-state index in [1.54, 1.807) is 6.20 Å². The zero-order valence-electron chi connectivity index (χ0n) is 9.81. The number of nitrogens with zero attached hydrogens (tertiary/aromatic N) is 1. The van der Waals surface area contributed by atoms with E-state index in [0.29, 0.717) is 12.8 Å². The summed E-state index contributed by atoms with van der Waals surface area (Å²) in [6.07, 6.45) is 3.07. The summed E-state index contributed by atoms with van der Waals surface area (Å²) >= 11 is 3.28. The van der Waals surface area contributed by atoms with E-state index in [0.717, 1.165) is 15.7 Å². The molecule has 94 valence electrons. The summed E-state index contributed by atoms with van der Waals surface area (Å²) in [4.78, 5) is 4.23. The van der Waals surface area contributed by atoms with Crippen molar-refractivity contribution in [2.45, 2.75) is 18.9 Å². The first-order valence-corrected chi connectivity index (χ1v) is 6.53. The zero-order chi connectivity index (χ0) is 13.0. The SMILES string of the molecule is NC(Cc1cc(F)cc(Br)c1)Cc1ccccn1. The largest absolute Gasteiger partial charge is 0.327 e. The van der Waals surface area contributed by atoms with Crippen molar-refractivity contribution in [3.63, 3.8) is 0 Å². The Morgan fingerprint density at radius 2 is 2.06 bits per heavy atom. The molecule has 1 aromatic carbocycles. The Kier molecular flexibility index (Phi) is 4.44. The van der Waals surface area contributed by atoms with E-state index in [-0.39, 0.29) is 11.9 Å². The highest BCUT2D eigenvalue weighted by Gasteiger charge is 2.08. The first kappa shape index (κ1) is 13.2. The summed E-state index contributed by atoms with van der Waals surface area (Å²) in [5.41, 5.74) is 7.91. The molecule has 1 aromatic heterocycles. The molecule has 2 aromatic rings. The van der Waals surface area contributed by atoms with Crippen LogP contribution in [0, 0.1) is 5.82 Å². The Morgan fingerprint density at radius 1 is 1.22 bits per heavy atom. The van der Waals surface area contributed by atoms with Gasteiger partial charge in [-0.25, -0.2) is 4.39 Å². The van der Waals surface area contributed by atoms with Gasteiger partial charge in [-0.2, -0.15) is 0 Å². The van der Waals surface area contributed by atoms with Crippen molar-refractivity contribution in [3.05, 3.63) is 64.1 Å². The van der Waals surface area contributed by atoms with Gasteiger partial charge in [0.05, 0.1) is 0 Å². The zero-order valence-corrected chi connectivity index (χ0v) is 11.4. The standard InChI is InChI=1S/C14H14BrFN2/c15-11-5-10(6-12(16)8-11)7-13(17)9-14-3-1-2-4-18-14/h1-6,8,13H,7,9,17H2. The van der Waals surface area contributed by atoms with Crippen molar-refractivity contribution < 1.29 is 4.39 Å². The second-order valence-electron chi connectivity index (χ2n) is 4.27. The predicted molar refractivity (Wildman–Crippen MR) is 73.7 cm³/mol. The lowest BCUT2D eigenvalue weighted by Gasteiger charge is -2.11. The molecule has 0 aliphatic heterocycles. The number of benzene rings is 1. The number of nitrogens with two attached hydrogens (primary N) is 1. The van der Waals surface area contributed by atoms with Gasteiger partial charge in [0.1, 0.15) is 5.82 Å². The molecule has 0 fully saturated rings. The Morgan fingerprint density at radius 3 is 2.72 bits per heavy atom. The third-order valence-electron chi connectivity index (χ3n) is 2.62. The number of aromatic nitrogens is 1. The van der Waals surface area contributed by atoms with E-state index >= 15 is 0 Å². The summed E-state index contributed by atoms with van der Waals surface area (Å²) in [5, 5.41) is 0. The van der Waals surface area contributed by atoms with Crippen LogP contribution < -0.4 is 5.73 Å². The molecule has 0 radical (unpaired) electrons. The summed E-state index contributed by atoms with van der Waals surface area (Å²) in [6, 6.07) is 10.5. The average Bonchev–Trinajstić information content (AvgIpc) is 2.28. The maximum atomic E-state index is 13.2. The van der Waals surface area contributed by atoms with Gasteiger partial charge in [-0.05, 0) is 42.3 Å². The minimum atomic E-state index is -0.246. The number of halogens is 2. The Balaban J connectivity index is 2.01. The van der Waals surface area contributed by atoms with Crippen LogP contribution in [-0.4, -0.2) is 11.0 Å². The fourth-order valence-corrected chi connectivity index (χ4v) is 2.40. The molecule has 1 atom stereocenters. The molecule has 18 heavy (non-hydrogen) atoms. The number of hydrogen-bond acceptors (Lipinski definition) is 2. The molecule has 2 nitrogen and oxygen atoms in total. The Bertz CT molecular complexity index is 496. The topological polar surface area (TPSA) is 38.9 Å². The Labute approximate surface area is 114 Å². The molecule has 4 heteroatoms. The first-order chi connectivity index (χ1) is 8.63. The molecular formula is C14H14BrFN2. The molecule has 0 aliphatic rings. The highest BCUT2D eigenvalue weighted by molar-refractivity contribution is 9.10. The highest BCUT2D eigenvalue weighted by atomic mass is 79.9. The van der Waals surface area contributed by atoms with Crippen molar-refractivity contribution in [3.8, 4) is 0 Å². The van der Waals surface area contributed by atoms with Crippen LogP contribution in [0.25, 0.3) is 0 Å². The Hall–Kier alpha value is -1.26. The van der Waals surface area contributed by atoms with E-state index in [2.05, 4.69) is 20.9 Å². The van der Waals surface area contributed by atoms with Crippen LogP contribution in [0.1, 0.15) is 11.3 Å². The first-order valence-electron chi connectivity index (χ1n) is 5.74. The fourth-order valence-electron chi connectivity index (χ4n) is 1.89. The maximum Gasteiger partial charge on any atom is 0.124 e. The monoisotopic (exact) mass is 308 g/mol. The van der Waals surface area contributed by atoms with Gasteiger partial charge in [-0.1, -0.05) is 22.0 Å². The molecule has 1 unspecified atom stereocenters. The van der Waals surface area contributed by atoms with E-state index in [4.69, 9.17) is 5.73 Å². The fraction of sp³-hybridized carbons (Fsp3) is 0.214. The third kappa shape index (κ3) is 3.89. The lowest BCUT2D eigenvalue weighted by molar-refractivity contribution is 0.615. The molecule has 2 rings (SSSR count). The average molecular weight is 309 g/mol. The minimum Gasteiger partial charge on any atom is -0.327 e. The van der Waals surface area contributed by atoms with Gasteiger partial charge < -0.3 is 5.73 Å². The molecule has 0 spiro atoms. The molecule has 0 saturated heterocycles. The van der Waals surface area contributed by atoms with Crippen LogP contribution in [0.5, 0.6) is 0 Å². The predicted octanol–water partition coefficient (Wildman–Crippen LogP) is 3.10. The van der Waals surface area contributed by atoms with E-state index in [1.807, 2.05) is 24.3 Å². The van der Waals surface area contributed by atoms with Crippen LogP contribution in [0.15, 0.2) is 47.1 Å². The molecule has 2 N–H and O–H groups in total. The van der Waals surface area contributed by atoms with E-state index < -0.39 is 0 Å². The molecule has 0 saturated carbocycles. The summed E-state index contributed by atoms with van der Waals surface area (Å²) in [7, 11) is 0. The molecule has 0 amide bonds. The molecular weight excluding hydrogens is 295 g/mol. The normalized spacial score (nSPS) is 12.4. The summed E-state index contributed by atoms with van der Waals surface area (Å²) < 4.78 is 14.0. The number of hydrogen-bond donors (Lipinski definition) is 1. The van der Waals surface area contributed by atoms with Crippen LogP contribution >= 0.6 is 15.9 Å². The second-order valence-corrected chi connectivity index (χ2v) is 5.18. The lowest BCUT2D eigenvalue weighted by Crippen LogP contribution is -2.26. The maximum absolute atomic E-state index is 13.2. The summed E-state index contributed by atoms with van der Waals surface area (Å²) in [5.74, 6) is -0.246. The smallest absolute Gasteiger partial charge is 0.124 e. The molecule has 1 heterocycles. The van der Waals surface area contributed by atoms with Gasteiger partial charge in [-0.3, -0.25) is 4.98 Å². The second kappa shape index (κ2) is 6.07. The van der Waals surface area contributed by atoms with Gasteiger partial charge >= 0.3 is 0 Å². The van der Waals surface area contributed by atoms with Gasteiger partial charge in [0.15, 0.2) is 0 Å². The van der Waals surface area contributed by atoms with Crippen LogP contribution in [-0.2, 0) is 12.8 Å². The van der Waals surface area contributed by atoms with Crippen molar-refractivity contribution in [1.82, 2.24) is 4.98 Å². The number of rotatable bonds is 4. The van der Waals surface area contributed by atoms with Crippen molar-refractivity contribution in [2.75, 3.05) is 0 Å². The lowest BCUT2D eigenvalue weighted by atomic mass is 10.0. The van der Waals surface area contributed by atoms with Crippen molar-refractivity contribution in [2.24, 2.45) is 5.73 Å². The molecule has 0 aliphatic carbocycles. The van der Waals surface area contributed by atoms with Crippen molar-refractivity contribution >= 4 is 15.9 Å². The quantitative estimate of drug-likeness (QED) is 0.942. The third-order valence-corrected chi connectivity index (χ3v) is 3.08.